The Hall–Kier alpha value is -3.42. The molecule has 3 rings (SSSR count). The lowest BCUT2D eigenvalue weighted by Gasteiger charge is -2.26. The van der Waals surface area contributed by atoms with Crippen LogP contribution in [0, 0.1) is 5.41 Å². The molecule has 0 fully saturated rings. The highest BCUT2D eigenvalue weighted by molar-refractivity contribution is 6.02. The second-order valence-corrected chi connectivity index (χ2v) is 7.55. The molecule has 30 heavy (non-hydrogen) atoms. The van der Waals surface area contributed by atoms with Gasteiger partial charge in [0.05, 0.1) is 31.0 Å². The smallest absolute Gasteiger partial charge is 0.323 e. The van der Waals surface area contributed by atoms with Crippen LogP contribution in [0.15, 0.2) is 36.4 Å². The van der Waals surface area contributed by atoms with Crippen molar-refractivity contribution in [1.29, 1.82) is 0 Å². The monoisotopic (exact) mass is 413 g/mol. The standard InChI is InChI=1S/C22H27N3O5/c1-6-25-17-10-7-14(11-19(17)30-13-22(2,3)20(25)26)23-21(27)24-16-9-8-15(28-4)12-18(16)29-5/h7-12H,6,13H2,1-5H3,(H2,23,24,27). The van der Waals surface area contributed by atoms with Crippen LogP contribution < -0.4 is 29.7 Å². The van der Waals surface area contributed by atoms with Crippen molar-refractivity contribution < 1.29 is 23.8 Å². The van der Waals surface area contributed by atoms with E-state index in [0.717, 1.165) is 0 Å². The third-order valence-corrected chi connectivity index (χ3v) is 4.89. The van der Waals surface area contributed by atoms with Gasteiger partial charge in [-0.15, -0.1) is 0 Å². The van der Waals surface area contributed by atoms with Gasteiger partial charge in [0.25, 0.3) is 0 Å². The Bertz CT molecular complexity index is 958. The summed E-state index contributed by atoms with van der Waals surface area (Å²) < 4.78 is 16.4. The first kappa shape index (κ1) is 21.3. The number of carbonyl (C=O) groups is 2. The summed E-state index contributed by atoms with van der Waals surface area (Å²) in [6, 6.07) is 9.91. The highest BCUT2D eigenvalue weighted by atomic mass is 16.5. The Balaban J connectivity index is 1.78. The molecule has 8 heteroatoms. The van der Waals surface area contributed by atoms with Crippen molar-refractivity contribution in [3.63, 3.8) is 0 Å². The van der Waals surface area contributed by atoms with Crippen LogP contribution in [-0.4, -0.2) is 39.3 Å². The number of nitrogens with zero attached hydrogens (tertiary/aromatic N) is 1. The van der Waals surface area contributed by atoms with Gasteiger partial charge in [0.2, 0.25) is 5.91 Å². The summed E-state index contributed by atoms with van der Waals surface area (Å²) in [5, 5.41) is 5.54. The van der Waals surface area contributed by atoms with Gasteiger partial charge in [0.1, 0.15) is 23.9 Å². The van der Waals surface area contributed by atoms with E-state index in [-0.39, 0.29) is 12.5 Å². The van der Waals surface area contributed by atoms with E-state index in [4.69, 9.17) is 14.2 Å². The molecule has 0 radical (unpaired) electrons. The number of benzene rings is 2. The zero-order valence-corrected chi connectivity index (χ0v) is 17.9. The molecule has 0 atom stereocenters. The first-order chi connectivity index (χ1) is 14.3. The van der Waals surface area contributed by atoms with Crippen LogP contribution in [0.2, 0.25) is 0 Å². The van der Waals surface area contributed by atoms with E-state index < -0.39 is 11.4 Å². The van der Waals surface area contributed by atoms with E-state index in [1.54, 1.807) is 48.4 Å². The molecule has 0 unspecified atom stereocenters. The Morgan fingerprint density at radius 1 is 1.13 bits per heavy atom. The van der Waals surface area contributed by atoms with E-state index in [1.165, 1.54) is 7.11 Å². The minimum Gasteiger partial charge on any atom is -0.497 e. The normalized spacial score (nSPS) is 14.8. The van der Waals surface area contributed by atoms with Gasteiger partial charge < -0.3 is 29.7 Å². The fourth-order valence-corrected chi connectivity index (χ4v) is 3.23. The summed E-state index contributed by atoms with van der Waals surface area (Å²) in [7, 11) is 3.08. The fourth-order valence-electron chi connectivity index (χ4n) is 3.23. The summed E-state index contributed by atoms with van der Waals surface area (Å²) in [4.78, 5) is 27.0. The van der Waals surface area contributed by atoms with Crippen LogP contribution >= 0.6 is 0 Å². The van der Waals surface area contributed by atoms with E-state index in [1.807, 2.05) is 20.8 Å². The molecule has 160 valence electrons. The van der Waals surface area contributed by atoms with Gasteiger partial charge in [-0.3, -0.25) is 4.79 Å². The van der Waals surface area contributed by atoms with Crippen LogP contribution in [0.3, 0.4) is 0 Å². The molecule has 2 aromatic carbocycles. The number of anilines is 3. The van der Waals surface area contributed by atoms with Crippen molar-refractivity contribution in [2.24, 2.45) is 5.41 Å². The lowest BCUT2D eigenvalue weighted by atomic mass is 9.93. The number of ether oxygens (including phenoxy) is 3. The molecule has 1 heterocycles. The molecular weight excluding hydrogens is 386 g/mol. The van der Waals surface area contributed by atoms with Gasteiger partial charge >= 0.3 is 6.03 Å². The molecule has 0 aliphatic carbocycles. The van der Waals surface area contributed by atoms with Crippen LogP contribution in [0.1, 0.15) is 20.8 Å². The number of hydrogen-bond acceptors (Lipinski definition) is 5. The Kier molecular flexibility index (Phi) is 6.05. The minimum atomic E-state index is -0.634. The van der Waals surface area contributed by atoms with E-state index in [9.17, 15) is 9.59 Å². The first-order valence-corrected chi connectivity index (χ1v) is 9.68. The molecular formula is C22H27N3O5. The average Bonchev–Trinajstić information content (AvgIpc) is 2.82. The number of nitrogens with one attached hydrogen (secondary N) is 2. The summed E-state index contributed by atoms with van der Waals surface area (Å²) in [6.07, 6.45) is 0. The largest absolute Gasteiger partial charge is 0.497 e. The van der Waals surface area contributed by atoms with Crippen molar-refractivity contribution in [3.05, 3.63) is 36.4 Å². The molecule has 8 nitrogen and oxygen atoms in total. The number of methoxy groups -OCH3 is 2. The van der Waals surface area contributed by atoms with Gasteiger partial charge in [0, 0.05) is 24.4 Å². The van der Waals surface area contributed by atoms with Gasteiger partial charge in [-0.2, -0.15) is 0 Å². The summed E-state index contributed by atoms with van der Waals surface area (Å²) in [5.41, 5.74) is 1.11. The molecule has 1 aliphatic rings. The molecule has 0 saturated carbocycles. The number of urea groups is 1. The summed E-state index contributed by atoms with van der Waals surface area (Å²) in [6.45, 7) is 6.43. The maximum atomic E-state index is 12.8. The quantitative estimate of drug-likeness (QED) is 0.770. The molecule has 3 amide bonds. The van der Waals surface area contributed by atoms with E-state index in [2.05, 4.69) is 10.6 Å². The van der Waals surface area contributed by atoms with Gasteiger partial charge in [-0.25, -0.2) is 4.79 Å². The van der Waals surface area contributed by atoms with Crippen LogP contribution in [-0.2, 0) is 4.79 Å². The lowest BCUT2D eigenvalue weighted by Crippen LogP contribution is -2.42. The van der Waals surface area contributed by atoms with Crippen molar-refractivity contribution in [3.8, 4) is 17.2 Å². The van der Waals surface area contributed by atoms with Gasteiger partial charge in [0.15, 0.2) is 0 Å². The lowest BCUT2D eigenvalue weighted by molar-refractivity contribution is -0.127. The van der Waals surface area contributed by atoms with Crippen molar-refractivity contribution in [2.45, 2.75) is 20.8 Å². The Morgan fingerprint density at radius 2 is 1.90 bits per heavy atom. The highest BCUT2D eigenvalue weighted by Gasteiger charge is 2.37. The van der Waals surface area contributed by atoms with Crippen molar-refractivity contribution in [1.82, 2.24) is 0 Å². The number of hydrogen-bond donors (Lipinski definition) is 2. The number of rotatable bonds is 5. The number of fused-ring (bicyclic) bond motifs is 1. The molecule has 0 aromatic heterocycles. The van der Waals surface area contributed by atoms with Crippen molar-refractivity contribution in [2.75, 3.05) is 42.9 Å². The average molecular weight is 413 g/mol. The van der Waals surface area contributed by atoms with Crippen LogP contribution in [0.4, 0.5) is 21.9 Å². The highest BCUT2D eigenvalue weighted by Crippen LogP contribution is 2.38. The Morgan fingerprint density at radius 3 is 2.57 bits per heavy atom. The maximum absolute atomic E-state index is 12.8. The van der Waals surface area contributed by atoms with Crippen molar-refractivity contribution >= 4 is 29.0 Å². The molecule has 0 bridgehead atoms. The van der Waals surface area contributed by atoms with E-state index >= 15 is 0 Å². The Labute approximate surface area is 176 Å². The molecule has 1 aliphatic heterocycles. The van der Waals surface area contributed by atoms with Gasteiger partial charge in [-0.05, 0) is 45.0 Å². The molecule has 2 N–H and O–H groups in total. The zero-order chi connectivity index (χ0) is 21.9. The zero-order valence-electron chi connectivity index (χ0n) is 17.9. The second kappa shape index (κ2) is 8.52. The minimum absolute atomic E-state index is 0.00815. The fraction of sp³-hybridized carbons (Fsp3) is 0.364. The number of amides is 3. The summed E-state index contributed by atoms with van der Waals surface area (Å²) >= 11 is 0. The van der Waals surface area contributed by atoms with Crippen LogP contribution in [0.25, 0.3) is 0 Å². The predicted octanol–water partition coefficient (Wildman–Crippen LogP) is 4.12. The molecule has 0 spiro atoms. The van der Waals surface area contributed by atoms with Gasteiger partial charge in [-0.1, -0.05) is 0 Å². The van der Waals surface area contributed by atoms with Crippen LogP contribution in [0.5, 0.6) is 17.2 Å². The topological polar surface area (TPSA) is 89.1 Å². The number of carbonyl (C=O) groups excluding carboxylic acids is 2. The molecule has 0 saturated heterocycles. The maximum Gasteiger partial charge on any atom is 0.323 e. The summed E-state index contributed by atoms with van der Waals surface area (Å²) in [5.74, 6) is 1.66. The third kappa shape index (κ3) is 4.27. The third-order valence-electron chi connectivity index (χ3n) is 4.89. The second-order valence-electron chi connectivity index (χ2n) is 7.55. The predicted molar refractivity (Wildman–Crippen MR) is 116 cm³/mol. The SMILES string of the molecule is CCN1C(=O)C(C)(C)COc2cc(NC(=O)Nc3ccc(OC)cc3OC)ccc21. The first-order valence-electron chi connectivity index (χ1n) is 9.68. The molecule has 2 aromatic rings. The van der Waals surface area contributed by atoms with E-state index in [0.29, 0.717) is 40.9 Å².